The van der Waals surface area contributed by atoms with Crippen LogP contribution in [-0.4, -0.2) is 30.8 Å². The Morgan fingerprint density at radius 1 is 1.00 bits per heavy atom. The fourth-order valence-electron chi connectivity index (χ4n) is 3.06. The molecule has 2 heterocycles. The molecule has 1 aromatic heterocycles. The van der Waals surface area contributed by atoms with Crippen LogP contribution in [0.5, 0.6) is 11.5 Å². The Labute approximate surface area is 163 Å². The van der Waals surface area contributed by atoms with E-state index in [9.17, 15) is 0 Å². The third kappa shape index (κ3) is 4.69. The molecule has 0 aliphatic carbocycles. The van der Waals surface area contributed by atoms with Gasteiger partial charge in [-0.15, -0.1) is 0 Å². The SMILES string of the molecule is c1ccc(Oc2cccnc2SC(c2ccccc2)C2CNCCO2)cc1. The third-order valence-corrected chi connectivity index (χ3v) is 5.73. The minimum absolute atomic E-state index is 0.0812. The summed E-state index contributed by atoms with van der Waals surface area (Å²) in [5.41, 5.74) is 1.23. The van der Waals surface area contributed by atoms with Gasteiger partial charge >= 0.3 is 0 Å². The van der Waals surface area contributed by atoms with Gasteiger partial charge < -0.3 is 14.8 Å². The summed E-state index contributed by atoms with van der Waals surface area (Å²) in [6.07, 6.45) is 1.89. The largest absolute Gasteiger partial charge is 0.455 e. The van der Waals surface area contributed by atoms with Crippen molar-refractivity contribution < 1.29 is 9.47 Å². The van der Waals surface area contributed by atoms with Crippen LogP contribution in [0, 0.1) is 0 Å². The molecule has 0 saturated carbocycles. The Kier molecular flexibility index (Phi) is 6.04. The molecule has 27 heavy (non-hydrogen) atoms. The number of morpholine rings is 1. The van der Waals surface area contributed by atoms with Gasteiger partial charge in [0, 0.05) is 19.3 Å². The average molecular weight is 378 g/mol. The fraction of sp³-hybridized carbons (Fsp3) is 0.227. The van der Waals surface area contributed by atoms with Crippen molar-refractivity contribution >= 4 is 11.8 Å². The molecule has 0 spiro atoms. The quantitative estimate of drug-likeness (QED) is 0.630. The minimum atomic E-state index is 0.0812. The summed E-state index contributed by atoms with van der Waals surface area (Å²) in [4.78, 5) is 4.60. The van der Waals surface area contributed by atoms with Gasteiger partial charge in [0.2, 0.25) is 0 Å². The predicted molar refractivity (Wildman–Crippen MR) is 108 cm³/mol. The summed E-state index contributed by atoms with van der Waals surface area (Å²) >= 11 is 1.69. The fourth-order valence-corrected chi connectivity index (χ4v) is 4.27. The maximum Gasteiger partial charge on any atom is 0.159 e. The third-order valence-electron chi connectivity index (χ3n) is 4.37. The lowest BCUT2D eigenvalue weighted by atomic mass is 10.1. The summed E-state index contributed by atoms with van der Waals surface area (Å²) in [7, 11) is 0. The van der Waals surface area contributed by atoms with Gasteiger partial charge in [-0.3, -0.25) is 0 Å². The van der Waals surface area contributed by atoms with E-state index in [1.54, 1.807) is 11.8 Å². The first-order valence-electron chi connectivity index (χ1n) is 9.12. The van der Waals surface area contributed by atoms with E-state index in [2.05, 4.69) is 34.6 Å². The molecule has 0 amide bonds. The number of ether oxygens (including phenoxy) is 2. The molecule has 4 nitrogen and oxygen atoms in total. The molecule has 1 aliphatic rings. The Bertz CT molecular complexity index is 839. The second-order valence-electron chi connectivity index (χ2n) is 6.28. The summed E-state index contributed by atoms with van der Waals surface area (Å²) < 4.78 is 12.2. The first kappa shape index (κ1) is 18.0. The first-order chi connectivity index (χ1) is 13.4. The van der Waals surface area contributed by atoms with Crippen molar-refractivity contribution in [3.63, 3.8) is 0 Å². The topological polar surface area (TPSA) is 43.4 Å². The second kappa shape index (κ2) is 9.04. The lowest BCUT2D eigenvalue weighted by molar-refractivity contribution is 0.0273. The van der Waals surface area contributed by atoms with Crippen molar-refractivity contribution in [3.05, 3.63) is 84.6 Å². The first-order valence-corrected chi connectivity index (χ1v) is 10.00. The van der Waals surface area contributed by atoms with Crippen molar-refractivity contribution in [1.82, 2.24) is 10.3 Å². The predicted octanol–water partition coefficient (Wildman–Crippen LogP) is 4.70. The molecule has 1 aliphatic heterocycles. The Morgan fingerprint density at radius 3 is 2.52 bits per heavy atom. The van der Waals surface area contributed by atoms with Gasteiger partial charge in [-0.2, -0.15) is 0 Å². The van der Waals surface area contributed by atoms with Gasteiger partial charge in [0.05, 0.1) is 18.0 Å². The van der Waals surface area contributed by atoms with Crippen LogP contribution in [0.1, 0.15) is 10.8 Å². The average Bonchev–Trinajstić information content (AvgIpc) is 2.75. The number of benzene rings is 2. The second-order valence-corrected chi connectivity index (χ2v) is 7.41. The van der Waals surface area contributed by atoms with Gasteiger partial charge in [0.25, 0.3) is 0 Å². The molecule has 4 rings (SSSR count). The van der Waals surface area contributed by atoms with Crippen LogP contribution in [0.3, 0.4) is 0 Å². The molecule has 5 heteroatoms. The number of aromatic nitrogens is 1. The zero-order valence-corrected chi connectivity index (χ0v) is 15.8. The monoisotopic (exact) mass is 378 g/mol. The maximum absolute atomic E-state index is 6.09. The Hall–Kier alpha value is -2.34. The van der Waals surface area contributed by atoms with Crippen molar-refractivity contribution in [3.8, 4) is 11.5 Å². The zero-order valence-electron chi connectivity index (χ0n) is 15.0. The molecule has 0 radical (unpaired) electrons. The van der Waals surface area contributed by atoms with E-state index < -0.39 is 0 Å². The van der Waals surface area contributed by atoms with Crippen LogP contribution in [0.25, 0.3) is 0 Å². The number of thioether (sulfide) groups is 1. The number of rotatable bonds is 6. The van der Waals surface area contributed by atoms with E-state index in [1.807, 2.05) is 54.7 Å². The van der Waals surface area contributed by atoms with E-state index in [4.69, 9.17) is 9.47 Å². The molecular formula is C22H22N2O2S. The van der Waals surface area contributed by atoms with Crippen LogP contribution in [-0.2, 0) is 4.74 Å². The lowest BCUT2D eigenvalue weighted by Crippen LogP contribution is -2.41. The van der Waals surface area contributed by atoms with Crippen LogP contribution in [0.2, 0.25) is 0 Å². The number of para-hydroxylation sites is 1. The highest BCUT2D eigenvalue weighted by atomic mass is 32.2. The Balaban J connectivity index is 1.61. The molecule has 2 atom stereocenters. The molecule has 138 valence electrons. The van der Waals surface area contributed by atoms with Crippen molar-refractivity contribution in [2.45, 2.75) is 16.4 Å². The number of hydrogen-bond acceptors (Lipinski definition) is 5. The van der Waals surface area contributed by atoms with Crippen LogP contribution in [0.4, 0.5) is 0 Å². The van der Waals surface area contributed by atoms with Gasteiger partial charge in [0.1, 0.15) is 10.8 Å². The number of hydrogen-bond donors (Lipinski definition) is 1. The van der Waals surface area contributed by atoms with Crippen molar-refractivity contribution in [1.29, 1.82) is 0 Å². The molecule has 2 aromatic carbocycles. The highest BCUT2D eigenvalue weighted by molar-refractivity contribution is 7.99. The molecule has 1 saturated heterocycles. The van der Waals surface area contributed by atoms with E-state index in [0.29, 0.717) is 0 Å². The molecule has 1 fully saturated rings. The highest BCUT2D eigenvalue weighted by Crippen LogP contribution is 2.42. The number of pyridine rings is 1. The van der Waals surface area contributed by atoms with E-state index >= 15 is 0 Å². The van der Waals surface area contributed by atoms with Crippen LogP contribution in [0.15, 0.2) is 84.0 Å². The van der Waals surface area contributed by atoms with E-state index in [0.717, 1.165) is 36.2 Å². The lowest BCUT2D eigenvalue weighted by Gasteiger charge is -2.31. The molecule has 3 aromatic rings. The van der Waals surface area contributed by atoms with Crippen LogP contribution < -0.4 is 10.1 Å². The van der Waals surface area contributed by atoms with Crippen LogP contribution >= 0.6 is 11.8 Å². The smallest absolute Gasteiger partial charge is 0.159 e. The summed E-state index contributed by atoms with van der Waals surface area (Å²) in [5, 5.41) is 4.43. The molecular weight excluding hydrogens is 356 g/mol. The Morgan fingerprint density at radius 2 is 1.78 bits per heavy atom. The zero-order chi connectivity index (χ0) is 18.3. The molecule has 1 N–H and O–H groups in total. The van der Waals surface area contributed by atoms with E-state index in [-0.39, 0.29) is 11.4 Å². The van der Waals surface area contributed by atoms with Gasteiger partial charge in [0.15, 0.2) is 5.75 Å². The molecule has 2 unspecified atom stereocenters. The summed E-state index contributed by atoms with van der Waals surface area (Å²) in [5.74, 6) is 1.57. The van der Waals surface area contributed by atoms with Gasteiger partial charge in [-0.25, -0.2) is 4.98 Å². The van der Waals surface area contributed by atoms with E-state index in [1.165, 1.54) is 5.56 Å². The van der Waals surface area contributed by atoms with Crippen molar-refractivity contribution in [2.24, 2.45) is 0 Å². The highest BCUT2D eigenvalue weighted by Gasteiger charge is 2.28. The summed E-state index contributed by atoms with van der Waals surface area (Å²) in [6, 6.07) is 24.1. The standard InChI is InChI=1S/C22H22N2O2S/c1-3-8-17(9-4-1)21(20-16-23-14-15-25-20)27-22-19(12-7-13-24-22)26-18-10-5-2-6-11-18/h1-13,20-21,23H,14-16H2. The van der Waals surface area contributed by atoms with Gasteiger partial charge in [-0.05, 0) is 29.8 Å². The number of nitrogens with one attached hydrogen (secondary N) is 1. The minimum Gasteiger partial charge on any atom is -0.455 e. The normalized spacial score (nSPS) is 18.0. The summed E-state index contributed by atoms with van der Waals surface area (Å²) in [6.45, 7) is 2.45. The molecule has 0 bridgehead atoms. The van der Waals surface area contributed by atoms with Gasteiger partial charge in [-0.1, -0.05) is 60.3 Å². The van der Waals surface area contributed by atoms with Crippen molar-refractivity contribution in [2.75, 3.05) is 19.7 Å². The number of nitrogens with zero attached hydrogens (tertiary/aromatic N) is 1. The maximum atomic E-state index is 6.09.